The van der Waals surface area contributed by atoms with E-state index in [0.717, 1.165) is 10.6 Å². The molecule has 0 saturated carbocycles. The minimum absolute atomic E-state index is 0.0971. The number of amides is 1. The summed E-state index contributed by atoms with van der Waals surface area (Å²) in [5.41, 5.74) is 7.73. The summed E-state index contributed by atoms with van der Waals surface area (Å²) in [7, 11) is 0. The van der Waals surface area contributed by atoms with E-state index in [1.807, 2.05) is 19.1 Å². The molecule has 0 fully saturated rings. The van der Waals surface area contributed by atoms with Crippen molar-refractivity contribution in [3.05, 3.63) is 23.8 Å². The van der Waals surface area contributed by atoms with Gasteiger partial charge in [0, 0.05) is 10.6 Å². The van der Waals surface area contributed by atoms with E-state index in [-0.39, 0.29) is 5.91 Å². The molecule has 74 valence electrons. The third-order valence-electron chi connectivity index (χ3n) is 2.15. The number of carbonyl (C=O) groups excluding carboxylic acids is 1. The lowest BCUT2D eigenvalue weighted by Gasteiger charge is -2.06. The molecule has 0 radical (unpaired) electrons. The van der Waals surface area contributed by atoms with Gasteiger partial charge in [0.25, 0.3) is 0 Å². The first-order chi connectivity index (χ1) is 6.66. The van der Waals surface area contributed by atoms with E-state index in [0.29, 0.717) is 5.75 Å². The van der Waals surface area contributed by atoms with E-state index in [9.17, 15) is 4.79 Å². The second kappa shape index (κ2) is 3.63. The van der Waals surface area contributed by atoms with Crippen LogP contribution in [0.1, 0.15) is 5.56 Å². The maximum atomic E-state index is 11.4. The highest BCUT2D eigenvalue weighted by atomic mass is 32.2. The molecular formula is C10H12N2OS. The second-order valence-electron chi connectivity index (χ2n) is 3.41. The van der Waals surface area contributed by atoms with Gasteiger partial charge in [0.1, 0.15) is 0 Å². The van der Waals surface area contributed by atoms with Crippen molar-refractivity contribution >= 4 is 23.4 Å². The van der Waals surface area contributed by atoms with Crippen molar-refractivity contribution in [3.63, 3.8) is 0 Å². The predicted molar refractivity (Wildman–Crippen MR) is 58.5 cm³/mol. The van der Waals surface area contributed by atoms with Crippen molar-refractivity contribution in [2.75, 3.05) is 11.1 Å². The lowest BCUT2D eigenvalue weighted by Crippen LogP contribution is -2.36. The summed E-state index contributed by atoms with van der Waals surface area (Å²) in [6.07, 6.45) is 0. The Bertz CT molecular complexity index is 378. The molecule has 1 aliphatic rings. The molecule has 2 rings (SSSR count). The number of nitrogens with two attached hydrogens (primary N) is 1. The van der Waals surface area contributed by atoms with Crippen LogP contribution in [-0.4, -0.2) is 17.7 Å². The lowest BCUT2D eigenvalue weighted by molar-refractivity contribution is -0.116. The normalized spacial score (nSPS) is 21.0. The highest BCUT2D eigenvalue weighted by molar-refractivity contribution is 7.99. The minimum atomic E-state index is -0.410. The summed E-state index contributed by atoms with van der Waals surface area (Å²) < 4.78 is 0. The fourth-order valence-corrected chi connectivity index (χ4v) is 2.39. The van der Waals surface area contributed by atoms with Crippen LogP contribution in [0.15, 0.2) is 23.1 Å². The number of hydrogen-bond acceptors (Lipinski definition) is 3. The van der Waals surface area contributed by atoms with Crippen LogP contribution >= 0.6 is 11.8 Å². The first-order valence-corrected chi connectivity index (χ1v) is 5.45. The molecule has 1 aliphatic heterocycles. The topological polar surface area (TPSA) is 55.1 Å². The molecule has 0 saturated heterocycles. The first kappa shape index (κ1) is 9.55. The number of nitrogens with one attached hydrogen (secondary N) is 1. The number of anilines is 1. The van der Waals surface area contributed by atoms with Gasteiger partial charge in [-0.15, -0.1) is 11.8 Å². The highest BCUT2D eigenvalue weighted by Crippen LogP contribution is 2.30. The van der Waals surface area contributed by atoms with Crippen LogP contribution in [0.2, 0.25) is 0 Å². The second-order valence-corrected chi connectivity index (χ2v) is 4.47. The number of benzene rings is 1. The molecule has 14 heavy (non-hydrogen) atoms. The third-order valence-corrected chi connectivity index (χ3v) is 3.32. The number of hydrogen-bond donors (Lipinski definition) is 2. The molecule has 0 spiro atoms. The van der Waals surface area contributed by atoms with E-state index in [1.165, 1.54) is 5.56 Å². The molecule has 0 unspecified atom stereocenters. The molecule has 0 aromatic heterocycles. The number of fused-ring (bicyclic) bond motifs is 1. The zero-order chi connectivity index (χ0) is 10.1. The van der Waals surface area contributed by atoms with E-state index in [4.69, 9.17) is 5.73 Å². The van der Waals surface area contributed by atoms with Gasteiger partial charge in [0.05, 0.1) is 11.7 Å². The van der Waals surface area contributed by atoms with Crippen LogP contribution in [0.3, 0.4) is 0 Å². The Balaban J connectivity index is 2.37. The van der Waals surface area contributed by atoms with Gasteiger partial charge in [-0.1, -0.05) is 6.07 Å². The largest absolute Gasteiger partial charge is 0.324 e. The Hall–Kier alpha value is -1.00. The Morgan fingerprint density at radius 2 is 2.36 bits per heavy atom. The molecule has 0 bridgehead atoms. The highest BCUT2D eigenvalue weighted by Gasteiger charge is 2.20. The molecule has 1 heterocycles. The number of rotatable bonds is 0. The summed E-state index contributed by atoms with van der Waals surface area (Å²) in [5, 5.41) is 2.81. The zero-order valence-electron chi connectivity index (χ0n) is 7.91. The van der Waals surface area contributed by atoms with E-state index < -0.39 is 6.04 Å². The van der Waals surface area contributed by atoms with Gasteiger partial charge in [-0.05, 0) is 24.6 Å². The van der Waals surface area contributed by atoms with Crippen molar-refractivity contribution in [2.24, 2.45) is 5.73 Å². The Labute approximate surface area is 87.1 Å². The summed E-state index contributed by atoms with van der Waals surface area (Å²) in [6, 6.07) is 5.57. The van der Waals surface area contributed by atoms with Crippen molar-refractivity contribution in [2.45, 2.75) is 17.9 Å². The molecule has 1 amide bonds. The van der Waals surface area contributed by atoms with Crippen LogP contribution in [0.5, 0.6) is 0 Å². The molecule has 4 heteroatoms. The molecule has 1 atom stereocenters. The molecular weight excluding hydrogens is 196 g/mol. The van der Waals surface area contributed by atoms with Crippen LogP contribution in [0.25, 0.3) is 0 Å². The number of aryl methyl sites for hydroxylation is 1. The van der Waals surface area contributed by atoms with E-state index in [2.05, 4.69) is 11.4 Å². The Morgan fingerprint density at radius 1 is 1.57 bits per heavy atom. The zero-order valence-corrected chi connectivity index (χ0v) is 8.73. The summed E-state index contributed by atoms with van der Waals surface area (Å²) in [6.45, 7) is 2.04. The van der Waals surface area contributed by atoms with Gasteiger partial charge in [0.2, 0.25) is 5.91 Å². The van der Waals surface area contributed by atoms with E-state index >= 15 is 0 Å². The van der Waals surface area contributed by atoms with Gasteiger partial charge >= 0.3 is 0 Å². The van der Waals surface area contributed by atoms with E-state index in [1.54, 1.807) is 11.8 Å². The van der Waals surface area contributed by atoms with Crippen LogP contribution in [0, 0.1) is 6.92 Å². The summed E-state index contributed by atoms with van der Waals surface area (Å²) in [5.74, 6) is 0.544. The quantitative estimate of drug-likeness (QED) is 0.677. The van der Waals surface area contributed by atoms with Crippen LogP contribution in [-0.2, 0) is 4.79 Å². The van der Waals surface area contributed by atoms with Gasteiger partial charge in [0.15, 0.2) is 0 Å². The van der Waals surface area contributed by atoms with Gasteiger partial charge < -0.3 is 11.1 Å². The Morgan fingerprint density at radius 3 is 3.14 bits per heavy atom. The lowest BCUT2D eigenvalue weighted by atomic mass is 10.2. The van der Waals surface area contributed by atoms with Gasteiger partial charge in [-0.25, -0.2) is 0 Å². The van der Waals surface area contributed by atoms with Gasteiger partial charge in [-0.3, -0.25) is 4.79 Å². The average molecular weight is 208 g/mol. The fourth-order valence-electron chi connectivity index (χ4n) is 1.33. The molecule has 3 nitrogen and oxygen atoms in total. The predicted octanol–water partition coefficient (Wildman–Crippen LogP) is 1.37. The maximum Gasteiger partial charge on any atom is 0.242 e. The summed E-state index contributed by atoms with van der Waals surface area (Å²) in [4.78, 5) is 12.5. The molecule has 3 N–H and O–H groups in total. The molecule has 0 aliphatic carbocycles. The van der Waals surface area contributed by atoms with Crippen molar-refractivity contribution < 1.29 is 4.79 Å². The molecule has 1 aromatic rings. The monoisotopic (exact) mass is 208 g/mol. The first-order valence-electron chi connectivity index (χ1n) is 4.47. The molecule has 1 aromatic carbocycles. The van der Waals surface area contributed by atoms with Gasteiger partial charge in [-0.2, -0.15) is 0 Å². The number of thioether (sulfide) groups is 1. The third kappa shape index (κ3) is 1.76. The maximum absolute atomic E-state index is 11.4. The standard InChI is InChI=1S/C10H12N2OS/c1-6-2-3-8-9(4-6)14-5-7(11)10(13)12-8/h2-4,7H,5,11H2,1H3,(H,12,13)/t7-/m1/s1. The van der Waals surface area contributed by atoms with Crippen LogP contribution in [0.4, 0.5) is 5.69 Å². The summed E-state index contributed by atoms with van der Waals surface area (Å²) >= 11 is 1.63. The van der Waals surface area contributed by atoms with Crippen molar-refractivity contribution in [1.29, 1.82) is 0 Å². The van der Waals surface area contributed by atoms with Crippen LogP contribution < -0.4 is 11.1 Å². The SMILES string of the molecule is Cc1ccc2c(c1)SC[C@@H](N)C(=O)N2. The fraction of sp³-hybridized carbons (Fsp3) is 0.300. The van der Waals surface area contributed by atoms with Crippen molar-refractivity contribution in [3.8, 4) is 0 Å². The number of carbonyl (C=O) groups is 1. The smallest absolute Gasteiger partial charge is 0.242 e. The average Bonchev–Trinajstić information content (AvgIpc) is 2.29. The van der Waals surface area contributed by atoms with Crippen molar-refractivity contribution in [1.82, 2.24) is 0 Å². The Kier molecular flexibility index (Phi) is 2.48. The minimum Gasteiger partial charge on any atom is -0.324 e.